The molecule has 0 saturated heterocycles. The molecule has 1 aromatic carbocycles. The monoisotopic (exact) mass is 202 g/mol. The van der Waals surface area contributed by atoms with Crippen molar-refractivity contribution in [1.82, 2.24) is 0 Å². The van der Waals surface area contributed by atoms with E-state index in [9.17, 15) is 0 Å². The summed E-state index contributed by atoms with van der Waals surface area (Å²) in [6.07, 6.45) is 0. The Balaban J connectivity index is 2.52. The number of nitrogens with one attached hydrogen (secondary N) is 1. The van der Waals surface area contributed by atoms with Crippen molar-refractivity contribution < 1.29 is 0 Å². The molecule has 2 aromatic rings. The van der Waals surface area contributed by atoms with E-state index in [0.717, 1.165) is 16.0 Å². The van der Waals surface area contributed by atoms with Crippen LogP contribution in [0.4, 0.5) is 0 Å². The molecule has 0 atom stereocenters. The first-order valence-corrected chi connectivity index (χ1v) is 5.14. The maximum Gasteiger partial charge on any atom is 0.133 e. The molecule has 0 amide bonds. The molecule has 0 aliphatic carbocycles. The van der Waals surface area contributed by atoms with Crippen molar-refractivity contribution in [1.29, 1.82) is 5.41 Å². The van der Waals surface area contributed by atoms with Crippen LogP contribution < -0.4 is 5.73 Å². The molecule has 1 heterocycles. The van der Waals surface area contributed by atoms with E-state index in [1.807, 2.05) is 41.8 Å². The second-order valence-corrected chi connectivity index (χ2v) is 3.86. The van der Waals surface area contributed by atoms with Crippen LogP contribution >= 0.6 is 11.3 Å². The summed E-state index contributed by atoms with van der Waals surface area (Å²) in [5, 5.41) is 9.39. The molecular weight excluding hydrogens is 192 g/mol. The molecular formula is C11H10N2S. The number of rotatable bonds is 2. The number of nitrogens with two attached hydrogens (primary N) is 1. The van der Waals surface area contributed by atoms with Crippen molar-refractivity contribution in [3.63, 3.8) is 0 Å². The topological polar surface area (TPSA) is 49.9 Å². The smallest absolute Gasteiger partial charge is 0.133 e. The summed E-state index contributed by atoms with van der Waals surface area (Å²) < 4.78 is 0. The van der Waals surface area contributed by atoms with Gasteiger partial charge in [-0.25, -0.2) is 0 Å². The van der Waals surface area contributed by atoms with Crippen LogP contribution in [-0.4, -0.2) is 5.84 Å². The third kappa shape index (κ3) is 1.54. The fourth-order valence-electron chi connectivity index (χ4n) is 1.36. The highest BCUT2D eigenvalue weighted by atomic mass is 32.1. The Hall–Kier alpha value is -1.61. The van der Waals surface area contributed by atoms with E-state index in [4.69, 9.17) is 11.1 Å². The minimum absolute atomic E-state index is 0.138. The molecule has 0 spiro atoms. The zero-order valence-corrected chi connectivity index (χ0v) is 8.34. The molecule has 3 N–H and O–H groups in total. The SMILES string of the molecule is N=C(N)c1sccc1-c1ccccc1. The fraction of sp³-hybridized carbons (Fsp3) is 0. The molecule has 0 radical (unpaired) electrons. The zero-order valence-electron chi connectivity index (χ0n) is 7.53. The lowest BCUT2D eigenvalue weighted by molar-refractivity contribution is 1.45. The van der Waals surface area contributed by atoms with Gasteiger partial charge in [0.15, 0.2) is 0 Å². The molecule has 70 valence electrons. The summed E-state index contributed by atoms with van der Waals surface area (Å²) in [6, 6.07) is 12.0. The van der Waals surface area contributed by atoms with Gasteiger partial charge in [0.05, 0.1) is 4.88 Å². The van der Waals surface area contributed by atoms with Crippen LogP contribution in [0.5, 0.6) is 0 Å². The second kappa shape index (κ2) is 3.64. The van der Waals surface area contributed by atoms with Crippen molar-refractivity contribution in [2.75, 3.05) is 0 Å². The predicted octanol–water partition coefficient (Wildman–Crippen LogP) is 2.70. The molecule has 0 fully saturated rings. The van der Waals surface area contributed by atoms with Crippen molar-refractivity contribution in [3.05, 3.63) is 46.7 Å². The van der Waals surface area contributed by atoms with Crippen LogP contribution in [0.3, 0.4) is 0 Å². The molecule has 0 aliphatic rings. The molecule has 2 nitrogen and oxygen atoms in total. The van der Waals surface area contributed by atoms with Gasteiger partial charge >= 0.3 is 0 Å². The number of hydrogen-bond donors (Lipinski definition) is 2. The van der Waals surface area contributed by atoms with E-state index in [0.29, 0.717) is 0 Å². The lowest BCUT2D eigenvalue weighted by atomic mass is 10.1. The van der Waals surface area contributed by atoms with Gasteiger partial charge in [-0.3, -0.25) is 5.41 Å². The van der Waals surface area contributed by atoms with Crippen LogP contribution in [0, 0.1) is 5.41 Å². The van der Waals surface area contributed by atoms with E-state index < -0.39 is 0 Å². The molecule has 3 heteroatoms. The highest BCUT2D eigenvalue weighted by Crippen LogP contribution is 2.27. The number of thiophene rings is 1. The normalized spacial score (nSPS) is 10.0. The molecule has 0 aliphatic heterocycles. The van der Waals surface area contributed by atoms with Gasteiger partial charge in [0.25, 0.3) is 0 Å². The Bertz CT molecular complexity index is 445. The van der Waals surface area contributed by atoms with Gasteiger partial charge in [-0.05, 0) is 17.0 Å². The first-order chi connectivity index (χ1) is 6.79. The minimum atomic E-state index is 0.138. The van der Waals surface area contributed by atoms with E-state index in [1.54, 1.807) is 0 Å². The molecule has 0 saturated carbocycles. The maximum absolute atomic E-state index is 7.43. The third-order valence-corrected chi connectivity index (χ3v) is 2.94. The first-order valence-electron chi connectivity index (χ1n) is 4.26. The lowest BCUT2D eigenvalue weighted by Gasteiger charge is -2.01. The van der Waals surface area contributed by atoms with E-state index in [2.05, 4.69) is 0 Å². The van der Waals surface area contributed by atoms with Crippen molar-refractivity contribution >= 4 is 17.2 Å². The highest BCUT2D eigenvalue weighted by Gasteiger charge is 2.07. The number of nitrogen functional groups attached to an aromatic ring is 1. The van der Waals surface area contributed by atoms with Crippen molar-refractivity contribution in [2.45, 2.75) is 0 Å². The van der Waals surface area contributed by atoms with Crippen LogP contribution in [0.15, 0.2) is 41.8 Å². The molecule has 0 unspecified atom stereocenters. The zero-order chi connectivity index (χ0) is 9.97. The Morgan fingerprint density at radius 3 is 2.50 bits per heavy atom. The van der Waals surface area contributed by atoms with Gasteiger partial charge in [-0.2, -0.15) is 0 Å². The summed E-state index contributed by atoms with van der Waals surface area (Å²) in [7, 11) is 0. The van der Waals surface area contributed by atoms with Gasteiger partial charge in [-0.15, -0.1) is 11.3 Å². The van der Waals surface area contributed by atoms with E-state index in [1.165, 1.54) is 11.3 Å². The summed E-state index contributed by atoms with van der Waals surface area (Å²) in [6.45, 7) is 0. The van der Waals surface area contributed by atoms with Crippen LogP contribution in [0.25, 0.3) is 11.1 Å². The highest BCUT2D eigenvalue weighted by molar-refractivity contribution is 7.12. The van der Waals surface area contributed by atoms with Crippen molar-refractivity contribution in [2.24, 2.45) is 5.73 Å². The Morgan fingerprint density at radius 1 is 1.14 bits per heavy atom. The Kier molecular flexibility index (Phi) is 2.33. The quantitative estimate of drug-likeness (QED) is 0.571. The van der Waals surface area contributed by atoms with Crippen LogP contribution in [0.2, 0.25) is 0 Å². The Labute approximate surface area is 86.5 Å². The average molecular weight is 202 g/mol. The van der Waals surface area contributed by atoms with Crippen LogP contribution in [-0.2, 0) is 0 Å². The molecule has 0 bridgehead atoms. The number of benzene rings is 1. The summed E-state index contributed by atoms with van der Waals surface area (Å²) in [4.78, 5) is 0.844. The summed E-state index contributed by atoms with van der Waals surface area (Å²) >= 11 is 1.50. The van der Waals surface area contributed by atoms with Gasteiger partial charge in [0, 0.05) is 5.56 Å². The molecule has 2 rings (SSSR count). The summed E-state index contributed by atoms with van der Waals surface area (Å²) in [5.41, 5.74) is 7.64. The molecule has 14 heavy (non-hydrogen) atoms. The third-order valence-electron chi connectivity index (χ3n) is 1.99. The Morgan fingerprint density at radius 2 is 1.86 bits per heavy atom. The first kappa shape index (κ1) is 8.97. The second-order valence-electron chi connectivity index (χ2n) is 2.94. The predicted molar refractivity (Wildman–Crippen MR) is 60.8 cm³/mol. The van der Waals surface area contributed by atoms with Crippen molar-refractivity contribution in [3.8, 4) is 11.1 Å². The van der Waals surface area contributed by atoms with E-state index >= 15 is 0 Å². The molecule has 1 aromatic heterocycles. The number of hydrogen-bond acceptors (Lipinski definition) is 2. The largest absolute Gasteiger partial charge is 0.383 e. The standard InChI is InChI=1S/C11H10N2S/c12-11(13)10-9(6-7-14-10)8-4-2-1-3-5-8/h1-7H,(H3,12,13). The van der Waals surface area contributed by atoms with Gasteiger partial charge in [0.2, 0.25) is 0 Å². The number of amidine groups is 1. The van der Waals surface area contributed by atoms with E-state index in [-0.39, 0.29) is 5.84 Å². The lowest BCUT2D eigenvalue weighted by Crippen LogP contribution is -2.09. The summed E-state index contributed by atoms with van der Waals surface area (Å²) in [5.74, 6) is 0.138. The van der Waals surface area contributed by atoms with Gasteiger partial charge < -0.3 is 5.73 Å². The average Bonchev–Trinajstić information content (AvgIpc) is 2.67. The van der Waals surface area contributed by atoms with Crippen LogP contribution in [0.1, 0.15) is 4.88 Å². The fourth-order valence-corrected chi connectivity index (χ4v) is 2.14. The van der Waals surface area contributed by atoms with Gasteiger partial charge in [0.1, 0.15) is 5.84 Å². The maximum atomic E-state index is 7.43. The minimum Gasteiger partial charge on any atom is -0.383 e. The van der Waals surface area contributed by atoms with Gasteiger partial charge in [-0.1, -0.05) is 30.3 Å².